The average molecular weight is 432 g/mol. The molecule has 1 aliphatic heterocycles. The maximum absolute atomic E-state index is 11.8. The van der Waals surface area contributed by atoms with E-state index < -0.39 is 15.4 Å². The van der Waals surface area contributed by atoms with Gasteiger partial charge in [0, 0.05) is 37.1 Å². The summed E-state index contributed by atoms with van der Waals surface area (Å²) in [7, 11) is -1.81. The minimum atomic E-state index is -3.63. The number of carbonyl (C=O) groups is 1. The lowest BCUT2D eigenvalue weighted by Crippen LogP contribution is -2.30. The first-order chi connectivity index (χ1) is 14.1. The van der Waals surface area contributed by atoms with E-state index in [1.165, 1.54) is 5.56 Å². The van der Waals surface area contributed by atoms with Crippen LogP contribution in [0.2, 0.25) is 0 Å². The number of benzene rings is 1. The van der Waals surface area contributed by atoms with Crippen molar-refractivity contribution in [2.45, 2.75) is 37.5 Å². The fourth-order valence-corrected chi connectivity index (χ4v) is 3.85. The predicted octanol–water partition coefficient (Wildman–Crippen LogP) is 1.47. The molecule has 1 amide bonds. The van der Waals surface area contributed by atoms with Gasteiger partial charge in [-0.2, -0.15) is 8.42 Å². The molecule has 1 aliphatic carbocycles. The van der Waals surface area contributed by atoms with Gasteiger partial charge in [0.1, 0.15) is 0 Å². The third kappa shape index (κ3) is 5.55. The maximum Gasteiger partial charge on any atom is 0.267 e. The molecule has 5 N–H and O–H groups in total. The van der Waals surface area contributed by atoms with E-state index in [0.29, 0.717) is 25.8 Å². The number of aryl methyl sites for hydroxylation is 1. The van der Waals surface area contributed by atoms with Crippen molar-refractivity contribution in [3.05, 3.63) is 47.8 Å². The molecule has 10 heteroatoms. The number of nitrogens with zero attached hydrogens (tertiary/aromatic N) is 3. The number of amides is 1. The first-order valence-electron chi connectivity index (χ1n) is 9.50. The Morgan fingerprint density at radius 1 is 1.20 bits per heavy atom. The highest BCUT2D eigenvalue weighted by Crippen LogP contribution is 2.31. The minimum Gasteiger partial charge on any atom is -0.370 e. The van der Waals surface area contributed by atoms with Crippen LogP contribution in [-0.2, 0) is 27.9 Å². The highest BCUT2D eigenvalue weighted by Gasteiger charge is 2.33. The molecule has 1 fully saturated rings. The zero-order valence-corrected chi connectivity index (χ0v) is 17.5. The molecule has 30 heavy (non-hydrogen) atoms. The molecular weight excluding hydrogens is 406 g/mol. The largest absolute Gasteiger partial charge is 0.370 e. The van der Waals surface area contributed by atoms with Gasteiger partial charge in [-0.15, -0.1) is 0 Å². The lowest BCUT2D eigenvalue weighted by molar-refractivity contribution is -0.118. The molecule has 0 radical (unpaired) electrons. The number of hydrogen-bond acceptors (Lipinski definition) is 5. The zero-order valence-electron chi connectivity index (χ0n) is 16.7. The van der Waals surface area contributed by atoms with Crippen molar-refractivity contribution in [3.8, 4) is 11.1 Å². The molecule has 9 nitrogen and oxygen atoms in total. The van der Waals surface area contributed by atoms with Gasteiger partial charge < -0.3 is 16.4 Å². The Hall–Kier alpha value is -2.98. The van der Waals surface area contributed by atoms with Gasteiger partial charge in [0.25, 0.3) is 10.1 Å². The molecule has 0 bridgehead atoms. The van der Waals surface area contributed by atoms with E-state index in [1.54, 1.807) is 11.1 Å². The summed E-state index contributed by atoms with van der Waals surface area (Å²) >= 11 is 0. The standard InChI is InChI=1S/C17H19N5O.C3H6O3S/c1-22-15-4-2-12(7-13(15)3-5-16(22)23)14-6-11(8-20-10-14)9-21-17(18)19;4-7(5,6)3-1-2-3/h2,4,6-8,10H,3,5,9H2,1H3,(H4,18,19,21);3H,1-2H2,(H,4,5,6). The highest BCUT2D eigenvalue weighted by atomic mass is 32.2. The van der Waals surface area contributed by atoms with Crippen molar-refractivity contribution < 1.29 is 17.8 Å². The number of hydrogen-bond donors (Lipinski definition) is 3. The molecule has 2 aliphatic rings. The fraction of sp³-hybridized carbons (Fsp3) is 0.350. The molecular formula is C20H25N5O4S. The number of fused-ring (bicyclic) bond motifs is 1. The zero-order chi connectivity index (χ0) is 21.9. The lowest BCUT2D eigenvalue weighted by Gasteiger charge is -2.26. The van der Waals surface area contributed by atoms with Gasteiger partial charge >= 0.3 is 0 Å². The van der Waals surface area contributed by atoms with E-state index in [2.05, 4.69) is 16.0 Å². The molecule has 0 atom stereocenters. The summed E-state index contributed by atoms with van der Waals surface area (Å²) in [6.07, 6.45) is 6.17. The molecule has 1 aromatic carbocycles. The van der Waals surface area contributed by atoms with Crippen molar-refractivity contribution in [2.75, 3.05) is 11.9 Å². The predicted molar refractivity (Wildman–Crippen MR) is 115 cm³/mol. The molecule has 4 rings (SSSR count). The van der Waals surface area contributed by atoms with Gasteiger partial charge in [0.05, 0.1) is 11.8 Å². The van der Waals surface area contributed by atoms with Crippen molar-refractivity contribution in [1.29, 1.82) is 0 Å². The van der Waals surface area contributed by atoms with E-state index in [4.69, 9.17) is 16.0 Å². The lowest BCUT2D eigenvalue weighted by atomic mass is 9.96. The number of pyridine rings is 1. The minimum absolute atomic E-state index is 0.0666. The molecule has 0 saturated heterocycles. The Kier molecular flexibility index (Phi) is 6.37. The third-order valence-corrected chi connectivity index (χ3v) is 6.26. The summed E-state index contributed by atoms with van der Waals surface area (Å²) in [6, 6.07) is 8.15. The van der Waals surface area contributed by atoms with Gasteiger partial charge in [0.15, 0.2) is 5.96 Å². The second-order valence-corrected chi connectivity index (χ2v) is 9.03. The molecule has 2 aromatic rings. The molecule has 160 valence electrons. The van der Waals surface area contributed by atoms with Crippen molar-refractivity contribution in [1.82, 2.24) is 4.98 Å². The van der Waals surface area contributed by atoms with Gasteiger partial charge in [-0.25, -0.2) is 4.99 Å². The highest BCUT2D eigenvalue weighted by molar-refractivity contribution is 7.86. The van der Waals surface area contributed by atoms with Crippen LogP contribution >= 0.6 is 0 Å². The number of aliphatic imine (C=N–C) groups is 1. The second-order valence-electron chi connectivity index (χ2n) is 7.33. The summed E-state index contributed by atoms with van der Waals surface area (Å²) in [5.41, 5.74) is 15.9. The Morgan fingerprint density at radius 2 is 1.93 bits per heavy atom. The Balaban J connectivity index is 0.000000310. The number of nitrogens with two attached hydrogens (primary N) is 2. The Labute approximate surface area is 175 Å². The summed E-state index contributed by atoms with van der Waals surface area (Å²) in [4.78, 5) is 21.8. The van der Waals surface area contributed by atoms with Crippen molar-refractivity contribution in [3.63, 3.8) is 0 Å². The van der Waals surface area contributed by atoms with E-state index in [9.17, 15) is 13.2 Å². The van der Waals surface area contributed by atoms with Crippen LogP contribution in [-0.4, -0.2) is 42.1 Å². The van der Waals surface area contributed by atoms with Crippen LogP contribution < -0.4 is 16.4 Å². The molecule has 0 unspecified atom stereocenters. The maximum atomic E-state index is 11.8. The molecule has 0 spiro atoms. The van der Waals surface area contributed by atoms with Crippen molar-refractivity contribution in [2.24, 2.45) is 16.5 Å². The SMILES string of the molecule is CN1C(=O)CCc2cc(-c3cncc(CN=C(N)N)c3)ccc21.O=S(=O)(O)C1CC1. The number of carbonyl (C=O) groups excluding carboxylic acids is 1. The van der Waals surface area contributed by atoms with Crippen molar-refractivity contribution >= 4 is 27.7 Å². The Morgan fingerprint density at radius 3 is 2.53 bits per heavy atom. The number of guanidine groups is 1. The van der Waals surface area contributed by atoms with E-state index in [1.807, 2.05) is 31.4 Å². The summed E-state index contributed by atoms with van der Waals surface area (Å²) in [5, 5.41) is -0.424. The summed E-state index contributed by atoms with van der Waals surface area (Å²) in [5.74, 6) is 0.225. The number of anilines is 1. The molecule has 1 aromatic heterocycles. The molecule has 1 saturated carbocycles. The van der Waals surface area contributed by atoms with E-state index in [-0.39, 0.29) is 11.9 Å². The van der Waals surface area contributed by atoms with Crippen LogP contribution in [0.25, 0.3) is 11.1 Å². The van der Waals surface area contributed by atoms with Gasteiger partial charge in [-0.1, -0.05) is 6.07 Å². The van der Waals surface area contributed by atoms with Gasteiger partial charge in [-0.3, -0.25) is 14.3 Å². The number of aromatic nitrogens is 1. The van der Waals surface area contributed by atoms with Crippen LogP contribution in [0.1, 0.15) is 30.4 Å². The van der Waals surface area contributed by atoms with Gasteiger partial charge in [0.2, 0.25) is 5.91 Å². The quantitative estimate of drug-likeness (QED) is 0.376. The van der Waals surface area contributed by atoms with Crippen LogP contribution in [0.4, 0.5) is 5.69 Å². The number of rotatable bonds is 4. The van der Waals surface area contributed by atoms with Gasteiger partial charge in [-0.05, 0) is 54.2 Å². The second kappa shape index (κ2) is 8.80. The smallest absolute Gasteiger partial charge is 0.267 e. The summed E-state index contributed by atoms with van der Waals surface area (Å²) in [6.45, 7) is 0.408. The van der Waals surface area contributed by atoms with Crippen LogP contribution in [0, 0.1) is 0 Å². The van der Waals surface area contributed by atoms with Crippen LogP contribution in [0.3, 0.4) is 0 Å². The monoisotopic (exact) mass is 431 g/mol. The van der Waals surface area contributed by atoms with E-state index >= 15 is 0 Å². The summed E-state index contributed by atoms with van der Waals surface area (Å²) < 4.78 is 28.0. The fourth-order valence-electron chi connectivity index (χ4n) is 3.12. The topological polar surface area (TPSA) is 152 Å². The van der Waals surface area contributed by atoms with Crippen LogP contribution in [0.15, 0.2) is 41.7 Å². The van der Waals surface area contributed by atoms with E-state index in [0.717, 1.165) is 28.8 Å². The average Bonchev–Trinajstić information content (AvgIpc) is 3.55. The Bertz CT molecular complexity index is 1080. The van der Waals surface area contributed by atoms with Crippen LogP contribution in [0.5, 0.6) is 0 Å². The first-order valence-corrected chi connectivity index (χ1v) is 11.0. The third-order valence-electron chi connectivity index (χ3n) is 4.94. The molecule has 2 heterocycles. The normalized spacial score (nSPS) is 15.7. The first kappa shape index (κ1) is 21.7.